The zero-order chi connectivity index (χ0) is 23.0. The highest BCUT2D eigenvalue weighted by Gasteiger charge is 2.35. The molecule has 0 spiro atoms. The van der Waals surface area contributed by atoms with Crippen molar-refractivity contribution in [2.24, 2.45) is 0 Å². The Morgan fingerprint density at radius 1 is 1.22 bits per heavy atom. The Bertz CT molecular complexity index is 1080. The van der Waals surface area contributed by atoms with Crippen LogP contribution < -0.4 is 15.2 Å². The average molecular weight is 441 g/mol. The first-order chi connectivity index (χ1) is 15.3. The number of hydrogen-bond donors (Lipinski definition) is 1. The summed E-state index contributed by atoms with van der Waals surface area (Å²) in [7, 11) is 1.69. The van der Waals surface area contributed by atoms with Gasteiger partial charge in [0.1, 0.15) is 11.3 Å². The predicted molar refractivity (Wildman–Crippen MR) is 123 cm³/mol. The number of nitrogens with zero attached hydrogens (tertiary/aromatic N) is 2. The number of aromatic carboxylic acids is 1. The van der Waals surface area contributed by atoms with Gasteiger partial charge in [0.25, 0.3) is 0 Å². The molecular weight excluding hydrogens is 408 g/mol. The lowest BCUT2D eigenvalue weighted by Crippen LogP contribution is -2.52. The van der Waals surface area contributed by atoms with Crippen molar-refractivity contribution in [2.75, 3.05) is 25.3 Å². The van der Waals surface area contributed by atoms with Crippen LogP contribution in [0.15, 0.2) is 29.2 Å². The second-order valence-electron chi connectivity index (χ2n) is 9.33. The standard InChI is InChI=1S/C25H32N2O5/c1-5-25(2,3)27-14-17-11-23(32-10-6-9-31-4)19(16-7-8-16)12-18(17)21-13-22(28)20(24(29)30)15-26(21)27/h11-13,15-16H,5-10,14H2,1-4H3,(H,29,30). The lowest BCUT2D eigenvalue weighted by molar-refractivity contribution is 0.0694. The molecule has 1 aromatic carbocycles. The summed E-state index contributed by atoms with van der Waals surface area (Å²) in [6.07, 6.45) is 5.42. The molecule has 172 valence electrons. The highest BCUT2D eigenvalue weighted by molar-refractivity contribution is 5.88. The minimum absolute atomic E-state index is 0.213. The molecule has 0 saturated heterocycles. The van der Waals surface area contributed by atoms with Gasteiger partial charge in [-0.1, -0.05) is 6.92 Å². The van der Waals surface area contributed by atoms with Crippen LogP contribution in [0.4, 0.5) is 0 Å². The van der Waals surface area contributed by atoms with E-state index >= 15 is 0 Å². The highest BCUT2D eigenvalue weighted by atomic mass is 16.5. The van der Waals surface area contributed by atoms with Crippen molar-refractivity contribution in [1.82, 2.24) is 4.68 Å². The number of ether oxygens (including phenoxy) is 2. The molecule has 1 aliphatic carbocycles. The third-order valence-electron chi connectivity index (χ3n) is 6.69. The van der Waals surface area contributed by atoms with E-state index in [1.54, 1.807) is 7.11 Å². The molecular formula is C25H32N2O5. The van der Waals surface area contributed by atoms with Crippen LogP contribution >= 0.6 is 0 Å². The molecule has 0 atom stereocenters. The third kappa shape index (κ3) is 4.13. The number of carboxylic acids is 1. The monoisotopic (exact) mass is 440 g/mol. The minimum atomic E-state index is -1.20. The molecule has 7 heteroatoms. The Kier molecular flexibility index (Phi) is 6.03. The smallest absolute Gasteiger partial charge is 0.341 e. The Hall–Kier alpha value is -2.80. The molecule has 1 saturated carbocycles. The van der Waals surface area contributed by atoms with Gasteiger partial charge in [-0.15, -0.1) is 0 Å². The fraction of sp³-hybridized carbons (Fsp3) is 0.520. The number of carboxylic acid groups (broad SMARTS) is 1. The Morgan fingerprint density at radius 3 is 2.59 bits per heavy atom. The summed E-state index contributed by atoms with van der Waals surface area (Å²) in [5.41, 5.74) is 3.04. The molecule has 7 nitrogen and oxygen atoms in total. The number of hydrogen-bond acceptors (Lipinski definition) is 5. The van der Waals surface area contributed by atoms with Gasteiger partial charge in [-0.2, -0.15) is 0 Å². The molecule has 1 fully saturated rings. The summed E-state index contributed by atoms with van der Waals surface area (Å²) in [5, 5.41) is 11.7. The maximum Gasteiger partial charge on any atom is 0.341 e. The maximum atomic E-state index is 12.6. The van der Waals surface area contributed by atoms with Crippen molar-refractivity contribution in [3.63, 3.8) is 0 Å². The summed E-state index contributed by atoms with van der Waals surface area (Å²) < 4.78 is 13.2. The number of fused-ring (bicyclic) bond motifs is 3. The highest BCUT2D eigenvalue weighted by Crippen LogP contribution is 2.47. The van der Waals surface area contributed by atoms with E-state index in [1.807, 2.05) is 4.68 Å². The van der Waals surface area contributed by atoms with Crippen LogP contribution in [-0.4, -0.2) is 41.6 Å². The lowest BCUT2D eigenvalue weighted by Gasteiger charge is -2.45. The first-order valence-electron chi connectivity index (χ1n) is 11.3. The predicted octanol–water partition coefficient (Wildman–Crippen LogP) is 4.15. The normalized spacial score (nSPS) is 15.3. The second kappa shape index (κ2) is 8.62. The maximum absolute atomic E-state index is 12.6. The molecule has 0 bridgehead atoms. The van der Waals surface area contributed by atoms with E-state index in [0.29, 0.717) is 25.7 Å². The van der Waals surface area contributed by atoms with E-state index in [4.69, 9.17) is 9.47 Å². The molecule has 0 radical (unpaired) electrons. The van der Waals surface area contributed by atoms with Crippen LogP contribution in [0.25, 0.3) is 11.3 Å². The summed E-state index contributed by atoms with van der Waals surface area (Å²) in [6, 6.07) is 5.74. The molecule has 4 rings (SSSR count). The van der Waals surface area contributed by atoms with Gasteiger partial charge < -0.3 is 19.6 Å². The average Bonchev–Trinajstić information content (AvgIpc) is 3.60. The van der Waals surface area contributed by atoms with E-state index in [1.165, 1.54) is 17.8 Å². The molecule has 32 heavy (non-hydrogen) atoms. The molecule has 0 amide bonds. The molecule has 2 heterocycles. The molecule has 2 aliphatic rings. The van der Waals surface area contributed by atoms with Gasteiger partial charge in [0, 0.05) is 38.0 Å². The Morgan fingerprint density at radius 2 is 1.97 bits per heavy atom. The van der Waals surface area contributed by atoms with Gasteiger partial charge in [-0.25, -0.2) is 4.79 Å². The summed E-state index contributed by atoms with van der Waals surface area (Å²) in [4.78, 5) is 24.3. The number of carbonyl (C=O) groups is 1. The van der Waals surface area contributed by atoms with Crippen molar-refractivity contribution >= 4 is 5.97 Å². The van der Waals surface area contributed by atoms with Gasteiger partial charge >= 0.3 is 5.97 Å². The lowest BCUT2D eigenvalue weighted by atomic mass is 9.93. The zero-order valence-corrected chi connectivity index (χ0v) is 19.3. The summed E-state index contributed by atoms with van der Waals surface area (Å²) in [6.45, 7) is 8.21. The van der Waals surface area contributed by atoms with E-state index < -0.39 is 11.4 Å². The second-order valence-corrected chi connectivity index (χ2v) is 9.33. The van der Waals surface area contributed by atoms with Crippen LogP contribution in [-0.2, 0) is 11.3 Å². The summed E-state index contributed by atoms with van der Waals surface area (Å²) in [5.74, 6) is 0.180. The first kappa shape index (κ1) is 22.4. The van der Waals surface area contributed by atoms with Crippen LogP contribution in [0.2, 0.25) is 0 Å². The number of pyridine rings is 1. The van der Waals surface area contributed by atoms with Gasteiger partial charge in [-0.05, 0) is 62.3 Å². The Balaban J connectivity index is 1.85. The van der Waals surface area contributed by atoms with Crippen LogP contribution in [0.5, 0.6) is 5.75 Å². The molecule has 2 aromatic rings. The van der Waals surface area contributed by atoms with Gasteiger partial charge in [0.15, 0.2) is 5.43 Å². The fourth-order valence-corrected chi connectivity index (χ4v) is 4.24. The van der Waals surface area contributed by atoms with Crippen molar-refractivity contribution in [1.29, 1.82) is 0 Å². The third-order valence-corrected chi connectivity index (χ3v) is 6.69. The van der Waals surface area contributed by atoms with E-state index in [-0.39, 0.29) is 11.1 Å². The molecule has 0 unspecified atom stereocenters. The van der Waals surface area contributed by atoms with Crippen molar-refractivity contribution < 1.29 is 19.4 Å². The number of benzene rings is 1. The van der Waals surface area contributed by atoms with Crippen LogP contribution in [0, 0.1) is 0 Å². The minimum Gasteiger partial charge on any atom is -0.493 e. The molecule has 1 aromatic heterocycles. The van der Waals surface area contributed by atoms with Crippen molar-refractivity contribution in [3.05, 3.63) is 51.3 Å². The van der Waals surface area contributed by atoms with E-state index in [9.17, 15) is 14.7 Å². The molecule has 1 N–H and O–H groups in total. The molecule has 1 aliphatic heterocycles. The van der Waals surface area contributed by atoms with Crippen molar-refractivity contribution in [2.45, 2.75) is 64.5 Å². The van der Waals surface area contributed by atoms with E-state index in [2.05, 4.69) is 37.9 Å². The van der Waals surface area contributed by atoms with Crippen LogP contribution in [0.1, 0.15) is 73.9 Å². The van der Waals surface area contributed by atoms with Crippen LogP contribution in [0.3, 0.4) is 0 Å². The van der Waals surface area contributed by atoms with Gasteiger partial charge in [-0.3, -0.25) is 9.47 Å². The zero-order valence-electron chi connectivity index (χ0n) is 19.3. The topological polar surface area (TPSA) is 81.0 Å². The first-order valence-corrected chi connectivity index (χ1v) is 11.3. The van der Waals surface area contributed by atoms with E-state index in [0.717, 1.165) is 48.3 Å². The number of methoxy groups -OCH3 is 1. The number of aromatic nitrogens is 1. The van der Waals surface area contributed by atoms with Gasteiger partial charge in [0.2, 0.25) is 0 Å². The quantitative estimate of drug-likeness (QED) is 0.590. The number of rotatable bonds is 9. The summed E-state index contributed by atoms with van der Waals surface area (Å²) >= 11 is 0. The van der Waals surface area contributed by atoms with Gasteiger partial charge in [0.05, 0.1) is 24.4 Å². The SMILES string of the molecule is CCC(C)(C)N1Cc2cc(OCCCOC)c(C3CC3)cc2-c2cc(=O)c(C(=O)O)cn21. The Labute approximate surface area is 188 Å². The van der Waals surface area contributed by atoms with Crippen molar-refractivity contribution in [3.8, 4) is 17.0 Å². The largest absolute Gasteiger partial charge is 0.493 e. The fourth-order valence-electron chi connectivity index (χ4n) is 4.24.